The minimum Gasteiger partial charge on any atom is -0.393 e. The molecular formula is C20H23N3O2. The highest BCUT2D eigenvalue weighted by molar-refractivity contribution is 5.92. The summed E-state index contributed by atoms with van der Waals surface area (Å²) in [6.07, 6.45) is 11.5. The van der Waals surface area contributed by atoms with E-state index in [9.17, 15) is 9.90 Å². The van der Waals surface area contributed by atoms with Crippen LogP contribution in [0.1, 0.15) is 24.8 Å². The Morgan fingerprint density at radius 2 is 1.96 bits per heavy atom. The molecule has 2 fully saturated rings. The van der Waals surface area contributed by atoms with Crippen molar-refractivity contribution in [1.29, 1.82) is 0 Å². The Bertz CT molecular complexity index is 752. The van der Waals surface area contributed by atoms with Gasteiger partial charge in [-0.1, -0.05) is 12.1 Å². The fraction of sp³-hybridized carbons (Fsp3) is 0.400. The second kappa shape index (κ2) is 6.84. The summed E-state index contributed by atoms with van der Waals surface area (Å²) in [6, 6.07) is 8.02. The average Bonchev–Trinajstić information content (AvgIpc) is 3.29. The molecule has 1 saturated heterocycles. The Hall–Kier alpha value is -2.40. The molecule has 0 spiro atoms. The van der Waals surface area contributed by atoms with Gasteiger partial charge in [-0.25, -0.2) is 4.98 Å². The molecule has 1 amide bonds. The molecule has 1 aromatic carbocycles. The molecule has 5 nitrogen and oxygen atoms in total. The van der Waals surface area contributed by atoms with Gasteiger partial charge in [-0.05, 0) is 54.9 Å². The zero-order chi connectivity index (χ0) is 17.2. The van der Waals surface area contributed by atoms with E-state index in [1.807, 2.05) is 46.0 Å². The van der Waals surface area contributed by atoms with Crippen LogP contribution in [0, 0.1) is 11.8 Å². The molecule has 2 aliphatic rings. The summed E-state index contributed by atoms with van der Waals surface area (Å²) in [5, 5.41) is 9.80. The monoisotopic (exact) mass is 337 g/mol. The van der Waals surface area contributed by atoms with Crippen molar-refractivity contribution in [3.8, 4) is 5.69 Å². The molecule has 0 unspecified atom stereocenters. The van der Waals surface area contributed by atoms with Crippen LogP contribution in [0.3, 0.4) is 0 Å². The van der Waals surface area contributed by atoms with Crippen molar-refractivity contribution in [3.05, 3.63) is 54.6 Å². The third-order valence-corrected chi connectivity index (χ3v) is 5.45. The smallest absolute Gasteiger partial charge is 0.246 e. The first-order chi connectivity index (χ1) is 12.2. The number of rotatable bonds is 3. The third kappa shape index (κ3) is 3.51. The number of fused-ring (bicyclic) bond motifs is 1. The van der Waals surface area contributed by atoms with Crippen molar-refractivity contribution in [1.82, 2.24) is 14.5 Å². The summed E-state index contributed by atoms with van der Waals surface area (Å²) in [5.41, 5.74) is 2.05. The van der Waals surface area contributed by atoms with Gasteiger partial charge >= 0.3 is 0 Å². The van der Waals surface area contributed by atoms with Gasteiger partial charge in [0.1, 0.15) is 0 Å². The highest BCUT2D eigenvalue weighted by Gasteiger charge is 2.38. The topological polar surface area (TPSA) is 58.4 Å². The summed E-state index contributed by atoms with van der Waals surface area (Å²) in [4.78, 5) is 18.4. The van der Waals surface area contributed by atoms with Gasteiger partial charge in [0.15, 0.2) is 0 Å². The first-order valence-corrected chi connectivity index (χ1v) is 8.92. The van der Waals surface area contributed by atoms with Crippen LogP contribution in [0.15, 0.2) is 49.1 Å². The molecule has 4 rings (SSSR count). The molecular weight excluding hydrogens is 314 g/mol. The van der Waals surface area contributed by atoms with Crippen molar-refractivity contribution < 1.29 is 9.90 Å². The molecule has 130 valence electrons. The van der Waals surface area contributed by atoms with Crippen molar-refractivity contribution >= 4 is 12.0 Å². The molecule has 25 heavy (non-hydrogen) atoms. The Balaban J connectivity index is 1.38. The first-order valence-electron chi connectivity index (χ1n) is 8.92. The normalized spacial score (nSPS) is 26.1. The van der Waals surface area contributed by atoms with E-state index in [0.29, 0.717) is 11.8 Å². The van der Waals surface area contributed by atoms with Crippen LogP contribution in [0.2, 0.25) is 0 Å². The lowest BCUT2D eigenvalue weighted by Gasteiger charge is -2.27. The van der Waals surface area contributed by atoms with Crippen molar-refractivity contribution in [3.63, 3.8) is 0 Å². The van der Waals surface area contributed by atoms with E-state index >= 15 is 0 Å². The number of aliphatic hydroxyl groups is 1. The van der Waals surface area contributed by atoms with Crippen LogP contribution >= 0.6 is 0 Å². The van der Waals surface area contributed by atoms with Gasteiger partial charge in [-0.2, -0.15) is 0 Å². The van der Waals surface area contributed by atoms with Crippen LogP contribution in [-0.2, 0) is 4.79 Å². The maximum atomic E-state index is 12.5. The van der Waals surface area contributed by atoms with Gasteiger partial charge in [0, 0.05) is 37.2 Å². The summed E-state index contributed by atoms with van der Waals surface area (Å²) >= 11 is 0. The Kier molecular flexibility index (Phi) is 4.40. The SMILES string of the molecule is O=C(/C=C/c1ccc(-n2ccnc2)cc1)N1C[C@H]2CC[C@@H](O)C[C@H]2C1. The van der Waals surface area contributed by atoms with Gasteiger partial charge in [0.05, 0.1) is 12.4 Å². The largest absolute Gasteiger partial charge is 0.393 e. The Morgan fingerprint density at radius 1 is 1.16 bits per heavy atom. The quantitative estimate of drug-likeness (QED) is 0.876. The Labute approximate surface area is 147 Å². The van der Waals surface area contributed by atoms with Crippen molar-refractivity contribution in [2.75, 3.05) is 13.1 Å². The lowest BCUT2D eigenvalue weighted by Crippen LogP contribution is -2.27. The van der Waals surface area contributed by atoms with Gasteiger partial charge < -0.3 is 14.6 Å². The fourth-order valence-electron chi connectivity index (χ4n) is 4.03. The van der Waals surface area contributed by atoms with E-state index in [1.165, 1.54) is 0 Å². The summed E-state index contributed by atoms with van der Waals surface area (Å²) in [5.74, 6) is 1.10. The van der Waals surface area contributed by atoms with Crippen molar-refractivity contribution in [2.24, 2.45) is 11.8 Å². The summed E-state index contributed by atoms with van der Waals surface area (Å²) in [6.45, 7) is 1.62. The minimum absolute atomic E-state index is 0.0718. The Morgan fingerprint density at radius 3 is 2.72 bits per heavy atom. The standard InChI is InChI=1S/C20H23N3O2/c24-19-7-4-16-12-23(13-17(16)11-19)20(25)8-3-15-1-5-18(6-2-15)22-10-9-21-14-22/h1-3,5-6,8-10,14,16-17,19,24H,4,7,11-13H2/b8-3+/t16-,17+,19-/m1/s1. The molecule has 1 aliphatic heterocycles. The fourth-order valence-corrected chi connectivity index (χ4v) is 4.03. The zero-order valence-corrected chi connectivity index (χ0v) is 14.2. The summed E-state index contributed by atoms with van der Waals surface area (Å²) in [7, 11) is 0. The first kappa shape index (κ1) is 16.1. The number of nitrogens with zero attached hydrogens (tertiary/aromatic N) is 3. The number of hydrogen-bond donors (Lipinski definition) is 1. The van der Waals surface area contributed by atoms with E-state index in [-0.39, 0.29) is 12.0 Å². The van der Waals surface area contributed by atoms with Gasteiger partial charge in [-0.3, -0.25) is 4.79 Å². The molecule has 1 N–H and O–H groups in total. The molecule has 0 bridgehead atoms. The molecule has 0 radical (unpaired) electrons. The molecule has 2 heterocycles. The molecule has 2 aromatic rings. The number of amides is 1. The second-order valence-electron chi connectivity index (χ2n) is 7.13. The highest BCUT2D eigenvalue weighted by atomic mass is 16.3. The van der Waals surface area contributed by atoms with E-state index in [4.69, 9.17) is 0 Å². The van der Waals surface area contributed by atoms with Gasteiger partial charge in [0.2, 0.25) is 5.91 Å². The number of aromatic nitrogens is 2. The molecule has 1 saturated carbocycles. The van der Waals surface area contributed by atoms with E-state index in [2.05, 4.69) is 4.98 Å². The van der Waals surface area contributed by atoms with E-state index < -0.39 is 0 Å². The van der Waals surface area contributed by atoms with Crippen LogP contribution in [0.4, 0.5) is 0 Å². The predicted octanol–water partition coefficient (Wildman–Crippen LogP) is 2.50. The number of likely N-dealkylation sites (tertiary alicyclic amines) is 1. The highest BCUT2D eigenvalue weighted by Crippen LogP contribution is 2.36. The number of imidazole rings is 1. The zero-order valence-electron chi connectivity index (χ0n) is 14.2. The minimum atomic E-state index is -0.180. The number of carbonyl (C=O) groups is 1. The molecule has 1 aliphatic carbocycles. The number of carbonyl (C=O) groups excluding carboxylic acids is 1. The van der Waals surface area contributed by atoms with Crippen molar-refractivity contribution in [2.45, 2.75) is 25.4 Å². The van der Waals surface area contributed by atoms with Gasteiger partial charge in [-0.15, -0.1) is 0 Å². The molecule has 3 atom stereocenters. The lowest BCUT2D eigenvalue weighted by atomic mass is 9.80. The maximum Gasteiger partial charge on any atom is 0.246 e. The lowest BCUT2D eigenvalue weighted by molar-refractivity contribution is -0.125. The third-order valence-electron chi connectivity index (χ3n) is 5.45. The number of benzene rings is 1. The number of aliphatic hydroxyl groups excluding tert-OH is 1. The van der Waals surface area contributed by atoms with Gasteiger partial charge in [0.25, 0.3) is 0 Å². The molecule has 1 aromatic heterocycles. The number of hydrogen-bond acceptors (Lipinski definition) is 3. The summed E-state index contributed by atoms with van der Waals surface area (Å²) < 4.78 is 1.94. The van der Waals surface area contributed by atoms with E-state index in [0.717, 1.165) is 43.6 Å². The maximum absolute atomic E-state index is 12.5. The average molecular weight is 337 g/mol. The predicted molar refractivity (Wildman–Crippen MR) is 96.0 cm³/mol. The van der Waals surface area contributed by atoms with Crippen LogP contribution < -0.4 is 0 Å². The second-order valence-corrected chi connectivity index (χ2v) is 7.13. The van der Waals surface area contributed by atoms with Crippen LogP contribution in [0.5, 0.6) is 0 Å². The van der Waals surface area contributed by atoms with Crippen LogP contribution in [-0.4, -0.2) is 44.7 Å². The molecule has 5 heteroatoms. The van der Waals surface area contributed by atoms with Crippen LogP contribution in [0.25, 0.3) is 11.8 Å². The van der Waals surface area contributed by atoms with E-state index in [1.54, 1.807) is 18.6 Å².